The van der Waals surface area contributed by atoms with Crippen LogP contribution in [0.2, 0.25) is 5.02 Å². The molecule has 1 heterocycles. The molecular formula is C15H15ClO2S. The molecule has 0 spiro atoms. The molecular weight excluding hydrogens is 280 g/mol. The second-order valence-corrected chi connectivity index (χ2v) is 5.58. The van der Waals surface area contributed by atoms with Crippen LogP contribution in [0.5, 0.6) is 5.75 Å². The van der Waals surface area contributed by atoms with Crippen molar-refractivity contribution in [2.45, 2.75) is 20.8 Å². The highest BCUT2D eigenvalue weighted by atomic mass is 35.5. The molecule has 0 aliphatic heterocycles. The van der Waals surface area contributed by atoms with Gasteiger partial charge in [-0.1, -0.05) is 23.2 Å². The summed E-state index contributed by atoms with van der Waals surface area (Å²) in [4.78, 5) is 13.1. The third-order valence-corrected chi connectivity index (χ3v) is 4.48. The zero-order valence-corrected chi connectivity index (χ0v) is 12.7. The number of ketones is 1. The fourth-order valence-corrected chi connectivity index (χ4v) is 3.04. The van der Waals surface area contributed by atoms with Gasteiger partial charge in [0.2, 0.25) is 5.78 Å². The Bertz CT molecular complexity index is 617. The van der Waals surface area contributed by atoms with E-state index in [0.29, 0.717) is 27.8 Å². The SMILES string of the molecule is CCOc1ccc(C)cc1C(=O)c1scc(C)c1Cl. The Kier molecular flexibility index (Phi) is 4.27. The number of halogens is 1. The maximum Gasteiger partial charge on any atom is 0.208 e. The molecule has 0 saturated carbocycles. The van der Waals surface area contributed by atoms with Crippen molar-refractivity contribution in [3.8, 4) is 5.75 Å². The quantitative estimate of drug-likeness (QED) is 0.767. The summed E-state index contributed by atoms with van der Waals surface area (Å²) in [6, 6.07) is 5.61. The van der Waals surface area contributed by atoms with Crippen LogP contribution in [0.3, 0.4) is 0 Å². The van der Waals surface area contributed by atoms with Crippen molar-refractivity contribution >= 4 is 28.7 Å². The third-order valence-electron chi connectivity index (χ3n) is 2.78. The molecule has 0 N–H and O–H groups in total. The molecule has 2 nitrogen and oxygen atoms in total. The Labute approximate surface area is 122 Å². The van der Waals surface area contributed by atoms with Gasteiger partial charge in [-0.3, -0.25) is 4.79 Å². The summed E-state index contributed by atoms with van der Waals surface area (Å²) >= 11 is 7.55. The molecule has 0 bridgehead atoms. The Morgan fingerprint density at radius 2 is 2.11 bits per heavy atom. The van der Waals surface area contributed by atoms with Crippen molar-refractivity contribution in [1.82, 2.24) is 0 Å². The van der Waals surface area contributed by atoms with Crippen molar-refractivity contribution in [1.29, 1.82) is 0 Å². The van der Waals surface area contributed by atoms with Gasteiger partial charge in [-0.05, 0) is 43.8 Å². The number of carbonyl (C=O) groups excluding carboxylic acids is 1. The predicted molar refractivity (Wildman–Crippen MR) is 79.8 cm³/mol. The monoisotopic (exact) mass is 294 g/mol. The minimum absolute atomic E-state index is 0.0738. The van der Waals surface area contributed by atoms with Crippen molar-refractivity contribution in [2.75, 3.05) is 6.61 Å². The van der Waals surface area contributed by atoms with Gasteiger partial charge in [0.1, 0.15) is 5.75 Å². The van der Waals surface area contributed by atoms with Gasteiger partial charge in [-0.15, -0.1) is 11.3 Å². The Morgan fingerprint density at radius 1 is 1.37 bits per heavy atom. The highest BCUT2D eigenvalue weighted by molar-refractivity contribution is 7.13. The molecule has 0 amide bonds. The van der Waals surface area contributed by atoms with Gasteiger partial charge in [0, 0.05) is 0 Å². The first-order valence-electron chi connectivity index (χ1n) is 6.06. The van der Waals surface area contributed by atoms with Crippen LogP contribution in [-0.4, -0.2) is 12.4 Å². The maximum atomic E-state index is 12.6. The van der Waals surface area contributed by atoms with E-state index in [2.05, 4.69) is 0 Å². The van der Waals surface area contributed by atoms with E-state index in [9.17, 15) is 4.79 Å². The van der Waals surface area contributed by atoms with E-state index in [4.69, 9.17) is 16.3 Å². The number of benzene rings is 1. The van der Waals surface area contributed by atoms with Gasteiger partial charge in [-0.2, -0.15) is 0 Å². The average Bonchev–Trinajstić information content (AvgIpc) is 2.72. The fourth-order valence-electron chi connectivity index (χ4n) is 1.81. The number of thiophene rings is 1. The Hall–Kier alpha value is -1.32. The number of hydrogen-bond acceptors (Lipinski definition) is 3. The smallest absolute Gasteiger partial charge is 0.208 e. The Balaban J connectivity index is 2.48. The lowest BCUT2D eigenvalue weighted by atomic mass is 10.1. The minimum Gasteiger partial charge on any atom is -0.493 e. The van der Waals surface area contributed by atoms with Gasteiger partial charge in [0.05, 0.1) is 22.1 Å². The summed E-state index contributed by atoms with van der Waals surface area (Å²) in [7, 11) is 0. The standard InChI is InChI=1S/C15H15ClO2S/c1-4-18-12-6-5-9(2)7-11(12)14(17)15-13(16)10(3)8-19-15/h5-8H,4H2,1-3H3. The second-order valence-electron chi connectivity index (χ2n) is 4.32. The van der Waals surface area contributed by atoms with Gasteiger partial charge < -0.3 is 4.74 Å². The number of aryl methyl sites for hydroxylation is 2. The van der Waals surface area contributed by atoms with E-state index in [-0.39, 0.29) is 5.78 Å². The van der Waals surface area contributed by atoms with Crippen molar-refractivity contribution in [3.05, 3.63) is 50.2 Å². The maximum absolute atomic E-state index is 12.6. The van der Waals surface area contributed by atoms with E-state index in [1.54, 1.807) is 0 Å². The van der Waals surface area contributed by atoms with E-state index in [1.165, 1.54) is 11.3 Å². The number of rotatable bonds is 4. The molecule has 2 aromatic rings. The van der Waals surface area contributed by atoms with Gasteiger partial charge >= 0.3 is 0 Å². The zero-order chi connectivity index (χ0) is 14.0. The van der Waals surface area contributed by atoms with Crippen LogP contribution in [-0.2, 0) is 0 Å². The van der Waals surface area contributed by atoms with Crippen LogP contribution in [0.25, 0.3) is 0 Å². The molecule has 100 valence electrons. The first kappa shape index (κ1) is 14.1. The van der Waals surface area contributed by atoms with Crippen LogP contribution in [0.15, 0.2) is 23.6 Å². The minimum atomic E-state index is -0.0738. The average molecular weight is 295 g/mol. The molecule has 0 radical (unpaired) electrons. The second kappa shape index (κ2) is 5.76. The van der Waals surface area contributed by atoms with E-state index >= 15 is 0 Å². The van der Waals surface area contributed by atoms with Crippen molar-refractivity contribution in [3.63, 3.8) is 0 Å². The van der Waals surface area contributed by atoms with Crippen molar-refractivity contribution < 1.29 is 9.53 Å². The van der Waals surface area contributed by atoms with Crippen LogP contribution in [0.4, 0.5) is 0 Å². The topological polar surface area (TPSA) is 26.3 Å². The summed E-state index contributed by atoms with van der Waals surface area (Å²) in [5, 5.41) is 2.44. The molecule has 1 aromatic heterocycles. The predicted octanol–water partition coefficient (Wildman–Crippen LogP) is 4.65. The van der Waals surface area contributed by atoms with E-state index in [0.717, 1.165) is 11.1 Å². The van der Waals surface area contributed by atoms with Gasteiger partial charge in [0.25, 0.3) is 0 Å². The molecule has 0 unspecified atom stereocenters. The number of hydrogen-bond donors (Lipinski definition) is 0. The molecule has 0 aliphatic carbocycles. The number of ether oxygens (including phenoxy) is 1. The molecule has 4 heteroatoms. The molecule has 19 heavy (non-hydrogen) atoms. The Morgan fingerprint density at radius 3 is 2.68 bits per heavy atom. The molecule has 0 atom stereocenters. The lowest BCUT2D eigenvalue weighted by Crippen LogP contribution is -2.05. The van der Waals surface area contributed by atoms with Crippen LogP contribution in [0.1, 0.15) is 33.3 Å². The summed E-state index contributed by atoms with van der Waals surface area (Å²) < 4.78 is 5.52. The van der Waals surface area contributed by atoms with Crippen LogP contribution in [0, 0.1) is 13.8 Å². The van der Waals surface area contributed by atoms with E-state index < -0.39 is 0 Å². The summed E-state index contributed by atoms with van der Waals surface area (Å²) in [6.07, 6.45) is 0. The first-order valence-corrected chi connectivity index (χ1v) is 7.32. The van der Waals surface area contributed by atoms with Crippen LogP contribution >= 0.6 is 22.9 Å². The normalized spacial score (nSPS) is 10.5. The highest BCUT2D eigenvalue weighted by Gasteiger charge is 2.20. The molecule has 2 rings (SSSR count). The molecule has 0 aliphatic rings. The molecule has 0 saturated heterocycles. The summed E-state index contributed by atoms with van der Waals surface area (Å²) in [6.45, 7) is 6.28. The summed E-state index contributed by atoms with van der Waals surface area (Å²) in [5.74, 6) is 0.537. The summed E-state index contributed by atoms with van der Waals surface area (Å²) in [5.41, 5.74) is 2.53. The van der Waals surface area contributed by atoms with E-state index in [1.807, 2.05) is 44.4 Å². The van der Waals surface area contributed by atoms with Gasteiger partial charge in [-0.25, -0.2) is 0 Å². The van der Waals surface area contributed by atoms with Gasteiger partial charge in [0.15, 0.2) is 0 Å². The lowest BCUT2D eigenvalue weighted by molar-refractivity contribution is 0.103. The fraction of sp³-hybridized carbons (Fsp3) is 0.267. The lowest BCUT2D eigenvalue weighted by Gasteiger charge is -2.09. The molecule has 1 aromatic carbocycles. The highest BCUT2D eigenvalue weighted by Crippen LogP contribution is 2.32. The first-order chi connectivity index (χ1) is 9.04. The third kappa shape index (κ3) is 2.82. The largest absolute Gasteiger partial charge is 0.493 e. The van der Waals surface area contributed by atoms with Crippen LogP contribution < -0.4 is 4.74 Å². The molecule has 0 fully saturated rings. The number of carbonyl (C=O) groups is 1. The van der Waals surface area contributed by atoms with Crippen molar-refractivity contribution in [2.24, 2.45) is 0 Å². The zero-order valence-electron chi connectivity index (χ0n) is 11.1.